The van der Waals surface area contributed by atoms with Crippen molar-refractivity contribution in [2.24, 2.45) is 0 Å². The monoisotopic (exact) mass is 415 g/mol. The Kier molecular flexibility index (Phi) is 5.39. The SMILES string of the molecule is CCOC(=O)C1=C(C)OC2(C(=O)N(C)c3ccccc32)C(C(=O)OC)=C1C(=O)OC. The van der Waals surface area contributed by atoms with Crippen molar-refractivity contribution in [1.29, 1.82) is 0 Å². The minimum absolute atomic E-state index is 0.0211. The van der Waals surface area contributed by atoms with Gasteiger partial charge in [0.05, 0.1) is 32.1 Å². The Morgan fingerprint density at radius 3 is 2.27 bits per heavy atom. The summed E-state index contributed by atoms with van der Waals surface area (Å²) < 4.78 is 20.8. The van der Waals surface area contributed by atoms with Gasteiger partial charge in [0.2, 0.25) is 5.60 Å². The molecule has 9 heteroatoms. The lowest BCUT2D eigenvalue weighted by molar-refractivity contribution is -0.149. The number of anilines is 1. The number of allylic oxidation sites excluding steroid dienone is 1. The van der Waals surface area contributed by atoms with E-state index in [-0.39, 0.29) is 17.9 Å². The Morgan fingerprint density at radius 2 is 1.67 bits per heavy atom. The Morgan fingerprint density at radius 1 is 1.03 bits per heavy atom. The first kappa shape index (κ1) is 21.1. The maximum atomic E-state index is 13.4. The van der Waals surface area contributed by atoms with Gasteiger partial charge >= 0.3 is 17.9 Å². The summed E-state index contributed by atoms with van der Waals surface area (Å²) >= 11 is 0. The van der Waals surface area contributed by atoms with Crippen molar-refractivity contribution in [1.82, 2.24) is 0 Å². The molecule has 0 saturated carbocycles. The van der Waals surface area contributed by atoms with E-state index in [9.17, 15) is 19.2 Å². The first-order valence-electron chi connectivity index (χ1n) is 9.12. The zero-order valence-electron chi connectivity index (χ0n) is 17.2. The molecular weight excluding hydrogens is 394 g/mol. The zero-order valence-corrected chi connectivity index (χ0v) is 17.2. The van der Waals surface area contributed by atoms with Gasteiger partial charge in [0, 0.05) is 12.6 Å². The molecule has 0 radical (unpaired) electrons. The van der Waals surface area contributed by atoms with Crippen LogP contribution in [-0.4, -0.2) is 51.7 Å². The Bertz CT molecular complexity index is 1020. The van der Waals surface area contributed by atoms with Crippen LogP contribution >= 0.6 is 0 Å². The Balaban J connectivity index is 2.45. The fourth-order valence-electron chi connectivity index (χ4n) is 3.78. The third-order valence-corrected chi connectivity index (χ3v) is 5.02. The molecule has 1 unspecified atom stereocenters. The van der Waals surface area contributed by atoms with Gasteiger partial charge in [-0.15, -0.1) is 0 Å². The van der Waals surface area contributed by atoms with E-state index in [1.807, 2.05) is 0 Å². The van der Waals surface area contributed by atoms with E-state index in [1.165, 1.54) is 18.9 Å². The number of carbonyl (C=O) groups excluding carboxylic acids is 4. The Labute approximate surface area is 172 Å². The standard InChI is InChI=1S/C21H21NO8/c1-6-29-18(24)14-11(2)30-21(16(19(25)28-5)15(14)17(23)27-4)12-9-7-8-10-13(12)22(3)20(21)26/h7-10H,6H2,1-5H3. The molecule has 2 aliphatic rings. The van der Waals surface area contributed by atoms with Crippen LogP contribution in [0.1, 0.15) is 19.4 Å². The van der Waals surface area contributed by atoms with Gasteiger partial charge in [-0.2, -0.15) is 0 Å². The molecule has 0 fully saturated rings. The molecule has 1 aromatic carbocycles. The molecule has 9 nitrogen and oxygen atoms in total. The number of fused-ring (bicyclic) bond motifs is 2. The third kappa shape index (κ3) is 2.77. The minimum atomic E-state index is -2.01. The molecule has 30 heavy (non-hydrogen) atoms. The number of hydrogen-bond donors (Lipinski definition) is 0. The summed E-state index contributed by atoms with van der Waals surface area (Å²) in [5.41, 5.74) is -2.35. The quantitative estimate of drug-likeness (QED) is 0.536. The average Bonchev–Trinajstić information content (AvgIpc) is 2.95. The predicted octanol–water partition coefficient (Wildman–Crippen LogP) is 1.37. The highest BCUT2D eigenvalue weighted by molar-refractivity contribution is 6.20. The van der Waals surface area contributed by atoms with Crippen molar-refractivity contribution < 1.29 is 38.1 Å². The second kappa shape index (κ2) is 7.66. The number of methoxy groups -OCH3 is 2. The van der Waals surface area contributed by atoms with Crippen LogP contribution in [0.2, 0.25) is 0 Å². The number of rotatable bonds is 4. The van der Waals surface area contributed by atoms with E-state index in [1.54, 1.807) is 31.2 Å². The maximum Gasteiger partial charge on any atom is 0.342 e. The molecule has 1 aromatic rings. The smallest absolute Gasteiger partial charge is 0.342 e. The van der Waals surface area contributed by atoms with Gasteiger partial charge in [-0.05, 0) is 19.9 Å². The number of esters is 3. The fraction of sp³-hybridized carbons (Fsp3) is 0.333. The second-order valence-electron chi connectivity index (χ2n) is 6.55. The molecule has 1 amide bonds. The molecule has 0 aliphatic carbocycles. The fourth-order valence-corrected chi connectivity index (χ4v) is 3.78. The summed E-state index contributed by atoms with van der Waals surface area (Å²) in [6.45, 7) is 3.03. The number of para-hydroxylation sites is 1. The van der Waals surface area contributed by atoms with Gasteiger partial charge in [0.15, 0.2) is 0 Å². The predicted molar refractivity (Wildman–Crippen MR) is 103 cm³/mol. The molecule has 158 valence electrons. The van der Waals surface area contributed by atoms with Crippen LogP contribution in [0.15, 0.2) is 46.7 Å². The summed E-state index contributed by atoms with van der Waals surface area (Å²) in [7, 11) is 3.72. The van der Waals surface area contributed by atoms with Crippen LogP contribution in [0.25, 0.3) is 0 Å². The molecule has 0 bridgehead atoms. The van der Waals surface area contributed by atoms with Crippen molar-refractivity contribution in [2.45, 2.75) is 19.4 Å². The summed E-state index contributed by atoms with van der Waals surface area (Å²) in [5, 5.41) is 0. The topological polar surface area (TPSA) is 108 Å². The van der Waals surface area contributed by atoms with Crippen LogP contribution in [0, 0.1) is 0 Å². The number of hydrogen-bond acceptors (Lipinski definition) is 8. The van der Waals surface area contributed by atoms with Gasteiger partial charge in [0.25, 0.3) is 5.91 Å². The number of nitrogens with zero attached hydrogens (tertiary/aromatic N) is 1. The van der Waals surface area contributed by atoms with E-state index in [2.05, 4.69) is 0 Å². The third-order valence-electron chi connectivity index (χ3n) is 5.02. The number of carbonyl (C=O) groups is 4. The van der Waals surface area contributed by atoms with E-state index in [4.69, 9.17) is 18.9 Å². The first-order valence-corrected chi connectivity index (χ1v) is 9.12. The highest BCUT2D eigenvalue weighted by Crippen LogP contribution is 2.52. The summed E-state index contributed by atoms with van der Waals surface area (Å²) in [6, 6.07) is 6.68. The van der Waals surface area contributed by atoms with Crippen molar-refractivity contribution in [3.63, 3.8) is 0 Å². The Hall–Kier alpha value is -3.62. The highest BCUT2D eigenvalue weighted by Gasteiger charge is 2.61. The average molecular weight is 415 g/mol. The molecule has 2 heterocycles. The molecule has 3 rings (SSSR count). The second-order valence-corrected chi connectivity index (χ2v) is 6.55. The summed E-state index contributed by atoms with van der Waals surface area (Å²) in [4.78, 5) is 53.1. The van der Waals surface area contributed by atoms with Crippen LogP contribution in [0.5, 0.6) is 0 Å². The minimum Gasteiger partial charge on any atom is -0.471 e. The normalized spacial score (nSPS) is 20.2. The van der Waals surface area contributed by atoms with Crippen LogP contribution in [0.3, 0.4) is 0 Å². The van der Waals surface area contributed by atoms with Gasteiger partial charge in [-0.3, -0.25) is 4.79 Å². The van der Waals surface area contributed by atoms with Crippen molar-refractivity contribution >= 4 is 29.5 Å². The van der Waals surface area contributed by atoms with Crippen LogP contribution < -0.4 is 4.90 Å². The van der Waals surface area contributed by atoms with Gasteiger partial charge in [-0.1, -0.05) is 18.2 Å². The lowest BCUT2D eigenvalue weighted by Crippen LogP contribution is -2.48. The van der Waals surface area contributed by atoms with Crippen molar-refractivity contribution in [2.75, 3.05) is 32.8 Å². The molecule has 2 aliphatic heterocycles. The molecule has 1 spiro atoms. The van der Waals surface area contributed by atoms with E-state index in [0.29, 0.717) is 11.3 Å². The summed E-state index contributed by atoms with van der Waals surface area (Å²) in [6.07, 6.45) is 0. The lowest BCUT2D eigenvalue weighted by Gasteiger charge is -2.36. The van der Waals surface area contributed by atoms with Gasteiger partial charge < -0.3 is 23.8 Å². The first-order chi connectivity index (χ1) is 14.3. The van der Waals surface area contributed by atoms with E-state index in [0.717, 1.165) is 14.2 Å². The number of benzene rings is 1. The molecule has 1 atom stereocenters. The molecular formula is C21H21NO8. The van der Waals surface area contributed by atoms with Crippen molar-refractivity contribution in [3.8, 4) is 0 Å². The van der Waals surface area contributed by atoms with Gasteiger partial charge in [0.1, 0.15) is 16.9 Å². The van der Waals surface area contributed by atoms with Crippen molar-refractivity contribution in [3.05, 3.63) is 52.3 Å². The van der Waals surface area contributed by atoms with Crippen LogP contribution in [-0.2, 0) is 43.7 Å². The summed E-state index contributed by atoms with van der Waals surface area (Å²) in [5.74, 6) is -3.57. The number of amides is 1. The largest absolute Gasteiger partial charge is 0.471 e. The zero-order chi connectivity index (χ0) is 22.2. The van der Waals surface area contributed by atoms with Crippen LogP contribution in [0.4, 0.5) is 5.69 Å². The lowest BCUT2D eigenvalue weighted by atomic mass is 9.79. The molecule has 0 N–H and O–H groups in total. The maximum absolute atomic E-state index is 13.4. The highest BCUT2D eigenvalue weighted by atomic mass is 16.6. The van der Waals surface area contributed by atoms with E-state index >= 15 is 0 Å². The number of ether oxygens (including phenoxy) is 4. The number of likely N-dealkylation sites (N-methyl/N-ethyl adjacent to an activating group) is 1. The van der Waals surface area contributed by atoms with E-state index < -0.39 is 40.6 Å². The molecule has 0 saturated heterocycles. The molecule has 0 aromatic heterocycles. The van der Waals surface area contributed by atoms with Gasteiger partial charge in [-0.25, -0.2) is 14.4 Å².